The summed E-state index contributed by atoms with van der Waals surface area (Å²) in [6, 6.07) is 26.2. The van der Waals surface area contributed by atoms with Crippen molar-refractivity contribution in [3.05, 3.63) is 131 Å². The summed E-state index contributed by atoms with van der Waals surface area (Å²) >= 11 is 6.07. The Kier molecular flexibility index (Phi) is 9.98. The van der Waals surface area contributed by atoms with Gasteiger partial charge in [-0.1, -0.05) is 71.8 Å². The van der Waals surface area contributed by atoms with E-state index in [2.05, 4.69) is 5.32 Å². The molecule has 4 aromatic rings. The lowest BCUT2D eigenvalue weighted by Crippen LogP contribution is -2.53. The summed E-state index contributed by atoms with van der Waals surface area (Å²) in [5, 5.41) is 3.15. The van der Waals surface area contributed by atoms with E-state index in [1.807, 2.05) is 37.3 Å². The Labute approximate surface area is 250 Å². The zero-order chi connectivity index (χ0) is 30.3. The summed E-state index contributed by atoms with van der Waals surface area (Å²) in [5.41, 5.74) is 2.49. The first-order chi connectivity index (χ1) is 20.1. The second kappa shape index (κ2) is 13.6. The molecule has 4 aromatic carbocycles. The van der Waals surface area contributed by atoms with Crippen LogP contribution in [-0.4, -0.2) is 44.8 Å². The lowest BCUT2D eigenvalue weighted by molar-refractivity contribution is -0.139. The summed E-state index contributed by atoms with van der Waals surface area (Å²) in [7, 11) is -2.77. The van der Waals surface area contributed by atoms with Crippen LogP contribution in [0.5, 0.6) is 0 Å². The van der Waals surface area contributed by atoms with Crippen molar-refractivity contribution < 1.29 is 22.4 Å². The number of hydrogen-bond donors (Lipinski definition) is 1. The third-order valence-corrected chi connectivity index (χ3v) is 8.83. The molecular formula is C32H31ClFN3O4S. The molecule has 0 radical (unpaired) electrons. The van der Waals surface area contributed by atoms with E-state index in [-0.39, 0.29) is 23.5 Å². The van der Waals surface area contributed by atoms with Gasteiger partial charge >= 0.3 is 0 Å². The van der Waals surface area contributed by atoms with Crippen molar-refractivity contribution in [2.75, 3.05) is 17.9 Å². The molecule has 1 atom stereocenters. The molecule has 7 nitrogen and oxygen atoms in total. The van der Waals surface area contributed by atoms with Gasteiger partial charge in [-0.3, -0.25) is 13.9 Å². The van der Waals surface area contributed by atoms with E-state index in [0.29, 0.717) is 10.6 Å². The van der Waals surface area contributed by atoms with Crippen molar-refractivity contribution in [2.45, 2.75) is 30.8 Å². The molecule has 0 aliphatic carbocycles. The van der Waals surface area contributed by atoms with E-state index in [0.717, 1.165) is 27.6 Å². The van der Waals surface area contributed by atoms with Crippen molar-refractivity contribution in [1.29, 1.82) is 0 Å². The second-order valence-corrected chi connectivity index (χ2v) is 12.1. The molecule has 42 heavy (non-hydrogen) atoms. The standard InChI is InChI=1S/C32H31ClFN3O4S/c1-23-8-18-29(19-9-23)42(40,41)37(28-16-14-27(34)15-17-28)22-31(38)36(21-25-10-12-26(33)13-11-25)30(32(39)35-2)20-24-6-4-3-5-7-24/h3-19,30H,20-22H2,1-2H3,(H,35,39). The van der Waals surface area contributed by atoms with Crippen molar-refractivity contribution >= 4 is 39.1 Å². The highest BCUT2D eigenvalue weighted by Gasteiger charge is 2.34. The first-order valence-corrected chi connectivity index (χ1v) is 15.0. The average Bonchev–Trinajstić information content (AvgIpc) is 2.99. The van der Waals surface area contributed by atoms with Gasteiger partial charge in [-0.25, -0.2) is 12.8 Å². The first kappa shape index (κ1) is 30.7. The molecule has 10 heteroatoms. The molecule has 0 fully saturated rings. The van der Waals surface area contributed by atoms with Crippen LogP contribution in [0.4, 0.5) is 10.1 Å². The molecule has 0 heterocycles. The number of nitrogens with zero attached hydrogens (tertiary/aromatic N) is 2. The SMILES string of the molecule is CNC(=O)C(Cc1ccccc1)N(Cc1ccc(Cl)cc1)C(=O)CN(c1ccc(F)cc1)S(=O)(=O)c1ccc(C)cc1. The Hall–Kier alpha value is -4.21. The van der Waals surface area contributed by atoms with Crippen LogP contribution in [0.25, 0.3) is 0 Å². The summed E-state index contributed by atoms with van der Waals surface area (Å²) < 4.78 is 42.6. The molecule has 0 aliphatic rings. The molecule has 2 amide bonds. The summed E-state index contributed by atoms with van der Waals surface area (Å²) in [4.78, 5) is 28.8. The van der Waals surface area contributed by atoms with Crippen LogP contribution in [0, 0.1) is 12.7 Å². The average molecular weight is 608 g/mol. The minimum absolute atomic E-state index is 0.0166. The van der Waals surface area contributed by atoms with Gasteiger partial charge in [0.15, 0.2) is 0 Å². The maximum atomic E-state index is 14.2. The van der Waals surface area contributed by atoms with Gasteiger partial charge in [0, 0.05) is 25.0 Å². The van der Waals surface area contributed by atoms with Gasteiger partial charge in [0.2, 0.25) is 11.8 Å². The third kappa shape index (κ3) is 7.54. The number of aryl methyl sites for hydroxylation is 1. The molecule has 0 aromatic heterocycles. The van der Waals surface area contributed by atoms with Crippen LogP contribution in [0.3, 0.4) is 0 Å². The van der Waals surface area contributed by atoms with E-state index >= 15 is 0 Å². The number of sulfonamides is 1. The topological polar surface area (TPSA) is 86.8 Å². The van der Waals surface area contributed by atoms with Crippen molar-refractivity contribution in [3.63, 3.8) is 0 Å². The Bertz CT molecular complexity index is 1620. The lowest BCUT2D eigenvalue weighted by Gasteiger charge is -2.33. The summed E-state index contributed by atoms with van der Waals surface area (Å²) in [6.45, 7) is 1.22. The number of anilines is 1. The third-order valence-electron chi connectivity index (χ3n) is 6.79. The number of hydrogen-bond acceptors (Lipinski definition) is 4. The quantitative estimate of drug-likeness (QED) is 0.248. The van der Waals surface area contributed by atoms with Crippen molar-refractivity contribution in [3.8, 4) is 0 Å². The van der Waals surface area contributed by atoms with Crippen molar-refractivity contribution in [2.24, 2.45) is 0 Å². The Morgan fingerprint density at radius 2 is 1.48 bits per heavy atom. The molecular weight excluding hydrogens is 577 g/mol. The monoisotopic (exact) mass is 607 g/mol. The first-order valence-electron chi connectivity index (χ1n) is 13.2. The number of likely N-dealkylation sites (N-methyl/N-ethyl adjacent to an activating group) is 1. The van der Waals surface area contributed by atoms with E-state index in [9.17, 15) is 22.4 Å². The van der Waals surface area contributed by atoms with Crippen LogP contribution in [0.1, 0.15) is 16.7 Å². The van der Waals surface area contributed by atoms with Crippen LogP contribution in [0.15, 0.2) is 108 Å². The Balaban J connectivity index is 1.77. The smallest absolute Gasteiger partial charge is 0.264 e. The van der Waals surface area contributed by atoms with Gasteiger partial charge in [0.25, 0.3) is 10.0 Å². The fourth-order valence-electron chi connectivity index (χ4n) is 4.48. The summed E-state index contributed by atoms with van der Waals surface area (Å²) in [6.07, 6.45) is 0.196. The number of rotatable bonds is 11. The fraction of sp³-hybridized carbons (Fsp3) is 0.188. The number of carbonyl (C=O) groups excluding carboxylic acids is 2. The van der Waals surface area contributed by atoms with Crippen LogP contribution in [0.2, 0.25) is 5.02 Å². The second-order valence-electron chi connectivity index (χ2n) is 9.77. The number of carbonyl (C=O) groups is 2. The zero-order valence-corrected chi connectivity index (χ0v) is 24.8. The molecule has 0 aliphatic heterocycles. The summed E-state index contributed by atoms with van der Waals surface area (Å²) in [5.74, 6) is -1.57. The van der Waals surface area contributed by atoms with E-state index in [1.165, 1.54) is 36.2 Å². The molecule has 0 saturated carbocycles. The highest BCUT2D eigenvalue weighted by atomic mass is 35.5. The van der Waals surface area contributed by atoms with Gasteiger partial charge in [0.1, 0.15) is 18.4 Å². The van der Waals surface area contributed by atoms with Gasteiger partial charge in [-0.05, 0) is 66.6 Å². The van der Waals surface area contributed by atoms with E-state index in [4.69, 9.17) is 11.6 Å². The Morgan fingerprint density at radius 1 is 0.857 bits per heavy atom. The van der Waals surface area contributed by atoms with Crippen LogP contribution in [-0.2, 0) is 32.6 Å². The molecule has 218 valence electrons. The maximum absolute atomic E-state index is 14.2. The molecule has 0 bridgehead atoms. The predicted octanol–water partition coefficient (Wildman–Crippen LogP) is 5.37. The number of amides is 2. The predicted molar refractivity (Wildman–Crippen MR) is 162 cm³/mol. The van der Waals surface area contributed by atoms with Crippen LogP contribution >= 0.6 is 11.6 Å². The molecule has 1 N–H and O–H groups in total. The van der Waals surface area contributed by atoms with Gasteiger partial charge in [-0.2, -0.15) is 0 Å². The number of benzene rings is 4. The Morgan fingerprint density at radius 3 is 2.07 bits per heavy atom. The van der Waals surface area contributed by atoms with E-state index < -0.39 is 40.2 Å². The van der Waals surface area contributed by atoms with Gasteiger partial charge < -0.3 is 10.2 Å². The number of halogens is 2. The van der Waals surface area contributed by atoms with Gasteiger partial charge in [-0.15, -0.1) is 0 Å². The molecule has 0 spiro atoms. The normalized spacial score (nSPS) is 11.9. The van der Waals surface area contributed by atoms with Crippen LogP contribution < -0.4 is 9.62 Å². The van der Waals surface area contributed by atoms with Gasteiger partial charge in [0.05, 0.1) is 10.6 Å². The highest BCUT2D eigenvalue weighted by Crippen LogP contribution is 2.26. The molecule has 1 unspecified atom stereocenters. The largest absolute Gasteiger partial charge is 0.357 e. The number of nitrogens with one attached hydrogen (secondary N) is 1. The van der Waals surface area contributed by atoms with Crippen molar-refractivity contribution in [1.82, 2.24) is 10.2 Å². The zero-order valence-electron chi connectivity index (χ0n) is 23.2. The minimum Gasteiger partial charge on any atom is -0.357 e. The van der Waals surface area contributed by atoms with E-state index in [1.54, 1.807) is 36.4 Å². The molecule has 0 saturated heterocycles. The lowest BCUT2D eigenvalue weighted by atomic mass is 10.0. The molecule has 4 rings (SSSR count). The highest BCUT2D eigenvalue weighted by molar-refractivity contribution is 7.92. The minimum atomic E-state index is -4.26. The fourth-order valence-corrected chi connectivity index (χ4v) is 6.02. The maximum Gasteiger partial charge on any atom is 0.264 e.